The van der Waals surface area contributed by atoms with Crippen LogP contribution in [0.1, 0.15) is 40.5 Å². The molecule has 0 rings (SSSR count). The first-order valence-electron chi connectivity index (χ1n) is 5.24. The maximum absolute atomic E-state index is 3.45. The molecular formula is C11H26N2. The number of nitrogens with zero attached hydrogens (tertiary/aromatic N) is 1. The van der Waals surface area contributed by atoms with Gasteiger partial charge in [-0.1, -0.05) is 20.8 Å². The Morgan fingerprint density at radius 3 is 1.54 bits per heavy atom. The van der Waals surface area contributed by atoms with Crippen LogP contribution in [0.3, 0.4) is 0 Å². The van der Waals surface area contributed by atoms with Gasteiger partial charge in [-0.05, 0) is 46.3 Å². The summed E-state index contributed by atoms with van der Waals surface area (Å²) in [6, 6.07) is 0. The molecule has 0 aliphatic rings. The minimum atomic E-state index is 0.0799. The minimum Gasteiger partial charge on any atom is -0.302 e. The first-order valence-corrected chi connectivity index (χ1v) is 5.24. The van der Waals surface area contributed by atoms with Crippen molar-refractivity contribution in [1.82, 2.24) is 10.2 Å². The van der Waals surface area contributed by atoms with Gasteiger partial charge in [0.25, 0.3) is 0 Å². The summed E-state index contributed by atoms with van der Waals surface area (Å²) in [5.74, 6) is 0. The van der Waals surface area contributed by atoms with E-state index in [0.29, 0.717) is 5.41 Å². The Morgan fingerprint density at radius 2 is 1.46 bits per heavy atom. The molecule has 0 amide bonds. The molecule has 0 heterocycles. The Hall–Kier alpha value is -0.0800. The van der Waals surface area contributed by atoms with Gasteiger partial charge in [-0.15, -0.1) is 0 Å². The number of hydrogen-bond donors (Lipinski definition) is 1. The standard InChI is InChI=1S/C11H26N2/c1-8-10(3,9-2)11(4,12-5)13(6)7/h12H,8-9H2,1-7H3. The van der Waals surface area contributed by atoms with E-state index in [1.54, 1.807) is 0 Å². The molecular weight excluding hydrogens is 160 g/mol. The van der Waals surface area contributed by atoms with Crippen molar-refractivity contribution in [3.8, 4) is 0 Å². The zero-order chi connectivity index (χ0) is 10.7. The van der Waals surface area contributed by atoms with Crippen LogP contribution < -0.4 is 5.32 Å². The predicted molar refractivity (Wildman–Crippen MR) is 59.8 cm³/mol. The van der Waals surface area contributed by atoms with E-state index in [9.17, 15) is 0 Å². The molecule has 0 aromatic carbocycles. The molecule has 0 spiro atoms. The summed E-state index contributed by atoms with van der Waals surface area (Å²) < 4.78 is 0. The van der Waals surface area contributed by atoms with E-state index in [0.717, 1.165) is 0 Å². The molecule has 1 atom stereocenters. The molecule has 1 unspecified atom stereocenters. The van der Waals surface area contributed by atoms with Crippen LogP contribution in [0.2, 0.25) is 0 Å². The summed E-state index contributed by atoms with van der Waals surface area (Å²) in [6.07, 6.45) is 2.39. The van der Waals surface area contributed by atoms with Crippen molar-refractivity contribution in [2.24, 2.45) is 5.41 Å². The lowest BCUT2D eigenvalue weighted by Gasteiger charge is -2.50. The fourth-order valence-corrected chi connectivity index (χ4v) is 2.00. The summed E-state index contributed by atoms with van der Waals surface area (Å²) in [7, 11) is 6.32. The molecule has 0 saturated carbocycles. The van der Waals surface area contributed by atoms with E-state index in [1.165, 1.54) is 12.8 Å². The molecule has 1 N–H and O–H groups in total. The van der Waals surface area contributed by atoms with Gasteiger partial charge < -0.3 is 5.32 Å². The Labute approximate surface area is 83.7 Å². The van der Waals surface area contributed by atoms with Crippen molar-refractivity contribution in [3.05, 3.63) is 0 Å². The second-order valence-electron chi connectivity index (χ2n) is 4.48. The largest absolute Gasteiger partial charge is 0.302 e. The van der Waals surface area contributed by atoms with Crippen molar-refractivity contribution in [3.63, 3.8) is 0 Å². The molecule has 0 aliphatic carbocycles. The Bertz CT molecular complexity index is 150. The average molecular weight is 186 g/mol. The van der Waals surface area contributed by atoms with Crippen molar-refractivity contribution >= 4 is 0 Å². The van der Waals surface area contributed by atoms with Crippen LogP contribution in [0.4, 0.5) is 0 Å². The van der Waals surface area contributed by atoms with E-state index in [2.05, 4.69) is 52.0 Å². The summed E-state index contributed by atoms with van der Waals surface area (Å²) in [5.41, 5.74) is 0.405. The molecule has 2 heteroatoms. The molecule has 0 fully saturated rings. The molecule has 0 radical (unpaired) electrons. The van der Waals surface area contributed by atoms with E-state index in [-0.39, 0.29) is 5.66 Å². The topological polar surface area (TPSA) is 15.3 Å². The third-order valence-electron chi connectivity index (χ3n) is 4.12. The number of hydrogen-bond acceptors (Lipinski definition) is 2. The lowest BCUT2D eigenvalue weighted by molar-refractivity contribution is -0.00971. The highest BCUT2D eigenvalue weighted by Gasteiger charge is 2.42. The van der Waals surface area contributed by atoms with Gasteiger partial charge in [0.05, 0.1) is 5.66 Å². The van der Waals surface area contributed by atoms with Crippen LogP contribution in [0.25, 0.3) is 0 Å². The molecule has 0 saturated heterocycles. The lowest BCUT2D eigenvalue weighted by Crippen LogP contribution is -2.62. The Morgan fingerprint density at radius 1 is 1.08 bits per heavy atom. The van der Waals surface area contributed by atoms with Gasteiger partial charge in [-0.2, -0.15) is 0 Å². The zero-order valence-corrected chi connectivity index (χ0v) is 10.4. The Kier molecular flexibility index (Phi) is 4.40. The number of rotatable bonds is 5. The third-order valence-corrected chi connectivity index (χ3v) is 4.12. The molecule has 0 bridgehead atoms. The monoisotopic (exact) mass is 186 g/mol. The van der Waals surface area contributed by atoms with Gasteiger partial charge in [0.2, 0.25) is 0 Å². The maximum atomic E-state index is 3.45. The molecule has 0 aromatic rings. The normalized spacial score (nSPS) is 17.5. The predicted octanol–water partition coefficient (Wildman–Crippen LogP) is 2.31. The van der Waals surface area contributed by atoms with Crippen LogP contribution in [0.5, 0.6) is 0 Å². The van der Waals surface area contributed by atoms with E-state index in [1.807, 2.05) is 7.05 Å². The summed E-state index contributed by atoms with van der Waals surface area (Å²) in [6.45, 7) is 9.16. The van der Waals surface area contributed by atoms with Crippen molar-refractivity contribution in [2.75, 3.05) is 21.1 Å². The van der Waals surface area contributed by atoms with E-state index >= 15 is 0 Å². The van der Waals surface area contributed by atoms with Crippen LogP contribution in [-0.2, 0) is 0 Å². The van der Waals surface area contributed by atoms with E-state index < -0.39 is 0 Å². The van der Waals surface area contributed by atoms with Gasteiger partial charge in [0.1, 0.15) is 0 Å². The van der Waals surface area contributed by atoms with Crippen LogP contribution >= 0.6 is 0 Å². The summed E-state index contributed by atoms with van der Waals surface area (Å²) in [4.78, 5) is 2.28. The quantitative estimate of drug-likeness (QED) is 0.663. The fraction of sp³-hybridized carbons (Fsp3) is 1.00. The van der Waals surface area contributed by atoms with E-state index in [4.69, 9.17) is 0 Å². The summed E-state index contributed by atoms with van der Waals surface area (Å²) in [5, 5.41) is 3.45. The van der Waals surface area contributed by atoms with Gasteiger partial charge in [-0.25, -0.2) is 0 Å². The maximum Gasteiger partial charge on any atom is 0.0730 e. The van der Waals surface area contributed by atoms with Gasteiger partial charge in [-0.3, -0.25) is 4.90 Å². The first kappa shape index (κ1) is 12.9. The highest BCUT2D eigenvalue weighted by atomic mass is 15.3. The number of nitrogens with one attached hydrogen (secondary N) is 1. The highest BCUT2D eigenvalue weighted by Crippen LogP contribution is 2.38. The molecule has 0 aromatic heterocycles. The molecule has 2 nitrogen and oxygen atoms in total. The molecule has 13 heavy (non-hydrogen) atoms. The lowest BCUT2D eigenvalue weighted by atomic mass is 9.72. The molecule has 0 aliphatic heterocycles. The van der Waals surface area contributed by atoms with Crippen LogP contribution in [0.15, 0.2) is 0 Å². The third kappa shape index (κ3) is 2.05. The van der Waals surface area contributed by atoms with Crippen LogP contribution in [-0.4, -0.2) is 31.7 Å². The van der Waals surface area contributed by atoms with Gasteiger partial charge in [0, 0.05) is 0 Å². The second-order valence-corrected chi connectivity index (χ2v) is 4.48. The second kappa shape index (κ2) is 4.43. The SMILES string of the molecule is CCC(C)(CC)C(C)(NC)N(C)C. The van der Waals surface area contributed by atoms with Crippen molar-refractivity contribution in [1.29, 1.82) is 0 Å². The van der Waals surface area contributed by atoms with Crippen molar-refractivity contribution < 1.29 is 0 Å². The first-order chi connectivity index (χ1) is 5.88. The zero-order valence-electron chi connectivity index (χ0n) is 10.4. The average Bonchev–Trinajstić information content (AvgIpc) is 2.14. The van der Waals surface area contributed by atoms with Gasteiger partial charge >= 0.3 is 0 Å². The Balaban J connectivity index is 4.91. The summed E-state index contributed by atoms with van der Waals surface area (Å²) >= 11 is 0. The van der Waals surface area contributed by atoms with Crippen LogP contribution in [0, 0.1) is 5.41 Å². The molecule has 80 valence electrons. The minimum absolute atomic E-state index is 0.0799. The fourth-order valence-electron chi connectivity index (χ4n) is 2.00. The smallest absolute Gasteiger partial charge is 0.0730 e. The van der Waals surface area contributed by atoms with Gasteiger partial charge in [0.15, 0.2) is 0 Å². The highest BCUT2D eigenvalue weighted by molar-refractivity contribution is 4.94. The van der Waals surface area contributed by atoms with Crippen molar-refractivity contribution in [2.45, 2.75) is 46.2 Å².